The number of hydrogen-bond donors (Lipinski definition) is 1. The van der Waals surface area contributed by atoms with Crippen LogP contribution in [-0.4, -0.2) is 64.2 Å². The molecule has 1 N–H and O–H groups in total. The standard InChI is InChI=1S/C36H34N4O2/c1-25-33(30-18-10-11-19-31(30)37-25)35-28-16-8-9-17-29(28)36(42)40(35)24-32(41)38-20-22-39(23-21-38)34(26-12-4-2-5-13-26)27-14-6-3-7-15-27/h2-19,34-35,37H,20-24H2,1H3/t35-/m1/s1. The lowest BCUT2D eigenvalue weighted by Crippen LogP contribution is -2.52. The van der Waals surface area contributed by atoms with Crippen LogP contribution in [0.5, 0.6) is 0 Å². The number of amides is 2. The predicted octanol–water partition coefficient (Wildman–Crippen LogP) is 5.96. The summed E-state index contributed by atoms with van der Waals surface area (Å²) in [5.41, 5.74) is 7.26. The van der Waals surface area contributed by atoms with Gasteiger partial charge in [-0.1, -0.05) is 97.1 Å². The van der Waals surface area contributed by atoms with Crippen LogP contribution in [-0.2, 0) is 4.79 Å². The van der Waals surface area contributed by atoms with Crippen molar-refractivity contribution < 1.29 is 9.59 Å². The SMILES string of the molecule is Cc1[nH]c2ccccc2c1[C@H]1c2ccccc2C(=O)N1CC(=O)N1CCN(C(c2ccccc2)c2ccccc2)CC1. The summed E-state index contributed by atoms with van der Waals surface area (Å²) in [5, 5.41) is 1.09. The lowest BCUT2D eigenvalue weighted by Gasteiger charge is -2.40. The van der Waals surface area contributed by atoms with Crippen molar-refractivity contribution in [1.29, 1.82) is 0 Å². The van der Waals surface area contributed by atoms with Gasteiger partial charge in [0, 0.05) is 53.9 Å². The summed E-state index contributed by atoms with van der Waals surface area (Å²) >= 11 is 0. The van der Waals surface area contributed by atoms with E-state index in [9.17, 15) is 9.59 Å². The molecule has 2 aliphatic heterocycles. The molecule has 7 rings (SSSR count). The van der Waals surface area contributed by atoms with Crippen molar-refractivity contribution in [3.05, 3.63) is 143 Å². The van der Waals surface area contributed by atoms with E-state index in [-0.39, 0.29) is 30.4 Å². The third kappa shape index (κ3) is 4.58. The van der Waals surface area contributed by atoms with Crippen LogP contribution in [0.1, 0.15) is 50.4 Å². The van der Waals surface area contributed by atoms with E-state index < -0.39 is 0 Å². The third-order valence-corrected chi connectivity index (χ3v) is 8.84. The van der Waals surface area contributed by atoms with Crippen molar-refractivity contribution in [3.63, 3.8) is 0 Å². The summed E-state index contributed by atoms with van der Waals surface area (Å²) < 4.78 is 0. The number of piperazine rings is 1. The van der Waals surface area contributed by atoms with Crippen LogP contribution in [0, 0.1) is 6.92 Å². The molecule has 210 valence electrons. The Morgan fingerprint density at radius 2 is 1.38 bits per heavy atom. The number of carbonyl (C=O) groups excluding carboxylic acids is 2. The minimum absolute atomic E-state index is 0.00530. The second-order valence-corrected chi connectivity index (χ2v) is 11.3. The molecule has 6 heteroatoms. The molecule has 1 fully saturated rings. The Kier molecular flexibility index (Phi) is 6.84. The monoisotopic (exact) mass is 554 g/mol. The van der Waals surface area contributed by atoms with E-state index in [0.717, 1.165) is 40.8 Å². The highest BCUT2D eigenvalue weighted by Gasteiger charge is 2.41. The molecule has 1 aromatic heterocycles. The van der Waals surface area contributed by atoms with Gasteiger partial charge in [0.15, 0.2) is 0 Å². The Balaban J connectivity index is 1.13. The van der Waals surface area contributed by atoms with Gasteiger partial charge in [0.1, 0.15) is 6.54 Å². The zero-order chi connectivity index (χ0) is 28.6. The molecule has 6 nitrogen and oxygen atoms in total. The minimum atomic E-state index is -0.310. The van der Waals surface area contributed by atoms with Crippen LogP contribution >= 0.6 is 0 Å². The van der Waals surface area contributed by atoms with Gasteiger partial charge in [0.2, 0.25) is 5.91 Å². The zero-order valence-corrected chi connectivity index (χ0v) is 23.7. The molecule has 42 heavy (non-hydrogen) atoms. The number of benzene rings is 4. The first kappa shape index (κ1) is 26.2. The fraction of sp³-hybridized carbons (Fsp3) is 0.222. The molecule has 5 aromatic rings. The van der Waals surface area contributed by atoms with Gasteiger partial charge in [-0.15, -0.1) is 0 Å². The maximum Gasteiger partial charge on any atom is 0.255 e. The second-order valence-electron chi connectivity index (χ2n) is 11.3. The molecule has 0 saturated carbocycles. The van der Waals surface area contributed by atoms with E-state index in [4.69, 9.17) is 0 Å². The quantitative estimate of drug-likeness (QED) is 0.282. The molecule has 3 heterocycles. The molecular formula is C36H34N4O2. The van der Waals surface area contributed by atoms with E-state index in [1.54, 1.807) is 4.90 Å². The van der Waals surface area contributed by atoms with Crippen molar-refractivity contribution in [2.75, 3.05) is 32.7 Å². The van der Waals surface area contributed by atoms with Gasteiger partial charge in [-0.2, -0.15) is 0 Å². The molecule has 2 amide bonds. The molecule has 4 aromatic carbocycles. The Labute approximate surface area is 246 Å². The Hall–Kier alpha value is -4.68. The number of rotatable bonds is 6. The molecule has 0 aliphatic carbocycles. The minimum Gasteiger partial charge on any atom is -0.358 e. The van der Waals surface area contributed by atoms with Gasteiger partial charge in [0.05, 0.1) is 12.1 Å². The highest BCUT2D eigenvalue weighted by Crippen LogP contribution is 2.42. The van der Waals surface area contributed by atoms with Crippen LogP contribution in [0.25, 0.3) is 10.9 Å². The fourth-order valence-electron chi connectivity index (χ4n) is 6.86. The lowest BCUT2D eigenvalue weighted by atomic mass is 9.95. The molecule has 1 atom stereocenters. The largest absolute Gasteiger partial charge is 0.358 e. The van der Waals surface area contributed by atoms with Crippen molar-refractivity contribution >= 4 is 22.7 Å². The number of aromatic nitrogens is 1. The topological polar surface area (TPSA) is 59.7 Å². The number of hydrogen-bond acceptors (Lipinski definition) is 3. The van der Waals surface area contributed by atoms with Crippen molar-refractivity contribution in [1.82, 2.24) is 19.7 Å². The first-order chi connectivity index (χ1) is 20.6. The maximum atomic E-state index is 13.8. The summed E-state index contributed by atoms with van der Waals surface area (Å²) in [6.45, 7) is 4.88. The van der Waals surface area contributed by atoms with Gasteiger partial charge >= 0.3 is 0 Å². The average Bonchev–Trinajstić information content (AvgIpc) is 3.50. The average molecular weight is 555 g/mol. The van der Waals surface area contributed by atoms with Crippen LogP contribution in [0.2, 0.25) is 0 Å². The Morgan fingerprint density at radius 3 is 2.07 bits per heavy atom. The van der Waals surface area contributed by atoms with Crippen LogP contribution < -0.4 is 0 Å². The third-order valence-electron chi connectivity index (χ3n) is 8.84. The molecule has 0 unspecified atom stereocenters. The van der Waals surface area contributed by atoms with Gasteiger partial charge in [-0.25, -0.2) is 0 Å². The molecule has 1 saturated heterocycles. The van der Waals surface area contributed by atoms with Crippen LogP contribution in [0.15, 0.2) is 109 Å². The number of fused-ring (bicyclic) bond motifs is 2. The zero-order valence-electron chi connectivity index (χ0n) is 23.7. The van der Waals surface area contributed by atoms with Crippen molar-refractivity contribution in [3.8, 4) is 0 Å². The first-order valence-corrected chi connectivity index (χ1v) is 14.7. The highest BCUT2D eigenvalue weighted by molar-refractivity contribution is 6.02. The van der Waals surface area contributed by atoms with Crippen molar-refractivity contribution in [2.45, 2.75) is 19.0 Å². The molecular weight excluding hydrogens is 520 g/mol. The second kappa shape index (κ2) is 11.0. The summed E-state index contributed by atoms with van der Waals surface area (Å²) in [4.78, 5) is 37.3. The van der Waals surface area contributed by atoms with E-state index in [2.05, 4.69) is 77.5 Å². The normalized spacial score (nSPS) is 17.3. The number of aryl methyl sites for hydroxylation is 1. The number of nitrogens with one attached hydrogen (secondary N) is 1. The van der Waals surface area contributed by atoms with Gasteiger partial charge < -0.3 is 14.8 Å². The molecule has 0 radical (unpaired) electrons. The number of aromatic amines is 1. The molecule has 2 aliphatic rings. The van der Waals surface area contributed by atoms with E-state index >= 15 is 0 Å². The Morgan fingerprint density at radius 1 is 0.786 bits per heavy atom. The number of H-pyrrole nitrogens is 1. The smallest absolute Gasteiger partial charge is 0.255 e. The number of nitrogens with zero attached hydrogens (tertiary/aromatic N) is 3. The number of para-hydroxylation sites is 1. The summed E-state index contributed by atoms with van der Waals surface area (Å²) in [7, 11) is 0. The van der Waals surface area contributed by atoms with Crippen LogP contribution in [0.4, 0.5) is 0 Å². The highest BCUT2D eigenvalue weighted by atomic mass is 16.2. The number of carbonyl (C=O) groups is 2. The lowest BCUT2D eigenvalue weighted by molar-refractivity contribution is -0.134. The fourth-order valence-corrected chi connectivity index (χ4v) is 6.86. The summed E-state index contributed by atoms with van der Waals surface area (Å²) in [5.74, 6) is -0.0882. The molecule has 0 bridgehead atoms. The van der Waals surface area contributed by atoms with Gasteiger partial charge in [-0.05, 0) is 35.7 Å². The van der Waals surface area contributed by atoms with Gasteiger partial charge in [0.25, 0.3) is 5.91 Å². The van der Waals surface area contributed by atoms with E-state index in [0.29, 0.717) is 18.7 Å². The van der Waals surface area contributed by atoms with E-state index in [1.165, 1.54) is 11.1 Å². The van der Waals surface area contributed by atoms with E-state index in [1.807, 2.05) is 53.4 Å². The Bertz CT molecular complexity index is 1700. The molecule has 0 spiro atoms. The van der Waals surface area contributed by atoms with Crippen LogP contribution in [0.3, 0.4) is 0 Å². The maximum absolute atomic E-state index is 13.8. The summed E-state index contributed by atoms with van der Waals surface area (Å²) in [6, 6.07) is 36.9. The first-order valence-electron chi connectivity index (χ1n) is 14.7. The van der Waals surface area contributed by atoms with Gasteiger partial charge in [-0.3, -0.25) is 14.5 Å². The predicted molar refractivity (Wildman–Crippen MR) is 165 cm³/mol. The van der Waals surface area contributed by atoms with Crippen molar-refractivity contribution in [2.24, 2.45) is 0 Å². The summed E-state index contributed by atoms with van der Waals surface area (Å²) in [6.07, 6.45) is 0.